The minimum absolute atomic E-state index is 0.214. The van der Waals surface area contributed by atoms with E-state index in [9.17, 15) is 4.79 Å². The number of carbonyl (C=O) groups excluding carboxylic acids is 1. The largest absolute Gasteiger partial charge is 0.342 e. The van der Waals surface area contributed by atoms with Crippen molar-refractivity contribution in [3.8, 4) is 18.0 Å². The van der Waals surface area contributed by atoms with Gasteiger partial charge < -0.3 is 15.1 Å². The molecule has 29 heavy (non-hydrogen) atoms. The van der Waals surface area contributed by atoms with Crippen LogP contribution in [0, 0.1) is 28.6 Å². The molecule has 2 atom stereocenters. The number of hydrogen-bond acceptors (Lipinski definition) is 7. The summed E-state index contributed by atoms with van der Waals surface area (Å²) in [6, 6.07) is 7.41. The van der Waals surface area contributed by atoms with E-state index in [1.165, 1.54) is 13.1 Å². The predicted octanol–water partition coefficient (Wildman–Crippen LogP) is 2.62. The molecule has 3 rings (SSSR count). The van der Waals surface area contributed by atoms with Crippen LogP contribution in [-0.4, -0.2) is 47.2 Å². The third kappa shape index (κ3) is 7.17. The Labute approximate surface area is 172 Å². The SMILES string of the molecule is C/C(=N\Oc1ccc(C#N)cn1)C1CCC(NCC(=O)N2CCCC2)C1.CC#N. The van der Waals surface area contributed by atoms with E-state index in [0.717, 1.165) is 50.9 Å². The molecule has 2 unspecified atom stereocenters. The zero-order valence-corrected chi connectivity index (χ0v) is 17.1. The predicted molar refractivity (Wildman–Crippen MR) is 109 cm³/mol. The van der Waals surface area contributed by atoms with Gasteiger partial charge in [-0.05, 0) is 45.1 Å². The molecular formula is C21H28N6O2. The molecule has 8 nitrogen and oxygen atoms in total. The fourth-order valence-electron chi connectivity index (χ4n) is 3.55. The second kappa shape index (κ2) is 11.8. The van der Waals surface area contributed by atoms with E-state index in [-0.39, 0.29) is 5.91 Å². The van der Waals surface area contributed by atoms with E-state index in [0.29, 0.717) is 29.9 Å². The van der Waals surface area contributed by atoms with Crippen molar-refractivity contribution in [1.82, 2.24) is 15.2 Å². The summed E-state index contributed by atoms with van der Waals surface area (Å²) >= 11 is 0. The Balaban J connectivity index is 0.000000941. The molecule has 0 bridgehead atoms. The van der Waals surface area contributed by atoms with Crippen molar-refractivity contribution in [2.75, 3.05) is 19.6 Å². The summed E-state index contributed by atoms with van der Waals surface area (Å²) in [5.74, 6) is 0.951. The molecule has 1 saturated carbocycles. The van der Waals surface area contributed by atoms with Crippen molar-refractivity contribution < 1.29 is 9.63 Å². The van der Waals surface area contributed by atoms with Crippen LogP contribution in [0.15, 0.2) is 23.5 Å². The van der Waals surface area contributed by atoms with Crippen molar-refractivity contribution in [3.05, 3.63) is 23.9 Å². The molecule has 1 aliphatic carbocycles. The fraction of sp³-hybridized carbons (Fsp3) is 0.571. The van der Waals surface area contributed by atoms with Gasteiger partial charge in [0.25, 0.3) is 0 Å². The lowest BCUT2D eigenvalue weighted by atomic mass is 10.0. The highest BCUT2D eigenvalue weighted by molar-refractivity contribution is 5.84. The number of hydrogen-bond donors (Lipinski definition) is 1. The van der Waals surface area contributed by atoms with Gasteiger partial charge in [0.15, 0.2) is 0 Å². The Morgan fingerprint density at radius 1 is 1.34 bits per heavy atom. The second-order valence-electron chi connectivity index (χ2n) is 7.22. The van der Waals surface area contributed by atoms with Gasteiger partial charge in [-0.1, -0.05) is 5.16 Å². The van der Waals surface area contributed by atoms with Crippen molar-refractivity contribution in [1.29, 1.82) is 10.5 Å². The summed E-state index contributed by atoms with van der Waals surface area (Å²) in [6.45, 7) is 5.63. The highest BCUT2D eigenvalue weighted by atomic mass is 16.6. The molecule has 1 N–H and O–H groups in total. The Hall–Kier alpha value is -2.97. The van der Waals surface area contributed by atoms with Crippen LogP contribution in [0.1, 0.15) is 51.5 Å². The highest BCUT2D eigenvalue weighted by Crippen LogP contribution is 2.27. The lowest BCUT2D eigenvalue weighted by molar-refractivity contribution is -0.129. The highest BCUT2D eigenvalue weighted by Gasteiger charge is 2.28. The maximum atomic E-state index is 12.1. The molecule has 2 fully saturated rings. The van der Waals surface area contributed by atoms with Crippen LogP contribution in [0.2, 0.25) is 0 Å². The lowest BCUT2D eigenvalue weighted by Crippen LogP contribution is -2.39. The molecule has 1 aromatic rings. The number of nitrogens with zero attached hydrogens (tertiary/aromatic N) is 5. The number of nitrogens with one attached hydrogen (secondary N) is 1. The van der Waals surface area contributed by atoms with Gasteiger partial charge in [0.1, 0.15) is 6.07 Å². The second-order valence-corrected chi connectivity index (χ2v) is 7.22. The minimum atomic E-state index is 0.214. The first kappa shape index (κ1) is 22.3. The van der Waals surface area contributed by atoms with Crippen LogP contribution < -0.4 is 10.2 Å². The zero-order chi connectivity index (χ0) is 21.1. The molecular weight excluding hydrogens is 368 g/mol. The van der Waals surface area contributed by atoms with Crippen molar-refractivity contribution in [2.24, 2.45) is 11.1 Å². The number of rotatable bonds is 6. The molecule has 1 aliphatic heterocycles. The van der Waals surface area contributed by atoms with Gasteiger partial charge in [-0.25, -0.2) is 4.98 Å². The first-order chi connectivity index (χ1) is 14.1. The van der Waals surface area contributed by atoms with Crippen LogP contribution in [0.3, 0.4) is 0 Å². The number of pyridine rings is 1. The molecule has 154 valence electrons. The topological polar surface area (TPSA) is 114 Å². The average Bonchev–Trinajstić information content (AvgIpc) is 3.43. The molecule has 2 aliphatic rings. The zero-order valence-electron chi connectivity index (χ0n) is 17.1. The summed E-state index contributed by atoms with van der Waals surface area (Å²) in [7, 11) is 0. The van der Waals surface area contributed by atoms with E-state index >= 15 is 0 Å². The lowest BCUT2D eigenvalue weighted by Gasteiger charge is -2.18. The monoisotopic (exact) mass is 396 g/mol. The van der Waals surface area contributed by atoms with Crippen LogP contribution >= 0.6 is 0 Å². The number of likely N-dealkylation sites (tertiary alicyclic amines) is 1. The summed E-state index contributed by atoms with van der Waals surface area (Å²) < 4.78 is 0. The van der Waals surface area contributed by atoms with E-state index in [4.69, 9.17) is 15.4 Å². The molecule has 1 aromatic heterocycles. The van der Waals surface area contributed by atoms with E-state index in [1.807, 2.05) is 17.9 Å². The fourth-order valence-corrected chi connectivity index (χ4v) is 3.55. The number of carbonyl (C=O) groups is 1. The molecule has 0 aromatic carbocycles. The van der Waals surface area contributed by atoms with Gasteiger partial charge in [0.2, 0.25) is 11.8 Å². The van der Waals surface area contributed by atoms with Crippen molar-refractivity contribution in [2.45, 2.75) is 52.0 Å². The Morgan fingerprint density at radius 2 is 2.07 bits per heavy atom. The molecule has 1 amide bonds. The van der Waals surface area contributed by atoms with Gasteiger partial charge in [-0.3, -0.25) is 4.79 Å². The first-order valence-corrected chi connectivity index (χ1v) is 9.97. The van der Waals surface area contributed by atoms with Crippen LogP contribution in [0.5, 0.6) is 5.88 Å². The molecule has 0 radical (unpaired) electrons. The number of oxime groups is 1. The third-order valence-electron chi connectivity index (χ3n) is 5.17. The third-order valence-corrected chi connectivity index (χ3v) is 5.17. The van der Waals surface area contributed by atoms with Crippen molar-refractivity contribution >= 4 is 11.6 Å². The number of nitriles is 2. The van der Waals surface area contributed by atoms with Crippen LogP contribution in [0.4, 0.5) is 0 Å². The average molecular weight is 396 g/mol. The maximum absolute atomic E-state index is 12.1. The van der Waals surface area contributed by atoms with Crippen LogP contribution in [0.25, 0.3) is 0 Å². The summed E-state index contributed by atoms with van der Waals surface area (Å²) in [5.41, 5.74) is 1.43. The number of aromatic nitrogens is 1. The van der Waals surface area contributed by atoms with E-state index < -0.39 is 0 Å². The summed E-state index contributed by atoms with van der Waals surface area (Å²) in [4.78, 5) is 23.5. The first-order valence-electron chi connectivity index (χ1n) is 9.97. The Kier molecular flexibility index (Phi) is 9.07. The number of amides is 1. The van der Waals surface area contributed by atoms with Crippen LogP contribution in [-0.2, 0) is 4.79 Å². The molecule has 8 heteroatoms. The van der Waals surface area contributed by atoms with Gasteiger partial charge in [-0.15, -0.1) is 0 Å². The maximum Gasteiger partial charge on any atom is 0.248 e. The van der Waals surface area contributed by atoms with E-state index in [2.05, 4.69) is 15.5 Å². The smallest absolute Gasteiger partial charge is 0.248 e. The van der Waals surface area contributed by atoms with Gasteiger partial charge in [-0.2, -0.15) is 10.5 Å². The quantitative estimate of drug-likeness (QED) is 0.584. The standard InChI is InChI=1S/C19H25N5O2.C2H3N/c1-14(23-26-18-7-4-15(11-20)12-22-18)16-5-6-17(10-16)21-13-19(25)24-8-2-3-9-24;1-2-3/h4,7,12,16-17,21H,2-3,5-6,8-10,13H2,1H3;1H3/b23-14+;. The Morgan fingerprint density at radius 3 is 2.69 bits per heavy atom. The molecule has 2 heterocycles. The molecule has 0 spiro atoms. The normalized spacial score (nSPS) is 21.0. The minimum Gasteiger partial charge on any atom is -0.342 e. The van der Waals surface area contributed by atoms with Crippen molar-refractivity contribution in [3.63, 3.8) is 0 Å². The van der Waals surface area contributed by atoms with Gasteiger partial charge in [0.05, 0.1) is 23.9 Å². The van der Waals surface area contributed by atoms with Gasteiger partial charge >= 0.3 is 0 Å². The summed E-state index contributed by atoms with van der Waals surface area (Å²) in [6.07, 6.45) is 6.76. The Bertz CT molecular complexity index is 772. The van der Waals surface area contributed by atoms with E-state index in [1.54, 1.807) is 18.2 Å². The van der Waals surface area contributed by atoms with Gasteiger partial charge in [0, 0.05) is 44.2 Å². The molecule has 1 saturated heterocycles. The summed E-state index contributed by atoms with van der Waals surface area (Å²) in [5, 5.41) is 23.7.